The molecule has 0 saturated carbocycles. The second-order valence-electron chi connectivity index (χ2n) is 9.46. The fourth-order valence-electron chi connectivity index (χ4n) is 4.36. The number of hydrogen-bond acceptors (Lipinski definition) is 5. The standard InChI is InChI=1S/C31H27F3N6O2S/c1-4-22-7-5-6-8-27(22)39-17-18-43-30(39)37-29(41)36-21(3)20(2)23-9-11-24(12-10-23)28-35-19-40(38-28)25-13-15-26(16-14-25)42-31(32,33)34/h5-19H,4H2,1-3H3,(H,36,41)/b21-20+,37-30-. The Balaban J connectivity index is 1.28. The molecule has 0 radical (unpaired) electrons. The summed E-state index contributed by atoms with van der Waals surface area (Å²) in [5.74, 6) is 0.130. The minimum absolute atomic E-state index is 0.316. The molecule has 43 heavy (non-hydrogen) atoms. The maximum atomic E-state index is 12.8. The summed E-state index contributed by atoms with van der Waals surface area (Å²) >= 11 is 1.39. The van der Waals surface area contributed by atoms with Gasteiger partial charge in [0.1, 0.15) is 12.1 Å². The maximum Gasteiger partial charge on any atom is 0.573 e. The van der Waals surface area contributed by atoms with Crippen molar-refractivity contribution in [2.24, 2.45) is 4.99 Å². The van der Waals surface area contributed by atoms with Crippen molar-refractivity contribution >= 4 is 22.9 Å². The number of carbonyl (C=O) groups is 1. The summed E-state index contributed by atoms with van der Waals surface area (Å²) in [5, 5.41) is 9.21. The van der Waals surface area contributed by atoms with Crippen molar-refractivity contribution in [2.75, 3.05) is 0 Å². The van der Waals surface area contributed by atoms with Gasteiger partial charge in [-0.25, -0.2) is 14.5 Å². The van der Waals surface area contributed by atoms with Gasteiger partial charge < -0.3 is 10.1 Å². The number of rotatable bonds is 7. The maximum absolute atomic E-state index is 12.8. The summed E-state index contributed by atoms with van der Waals surface area (Å²) in [6.45, 7) is 5.82. The second kappa shape index (κ2) is 12.5. The number of thiazole rings is 1. The van der Waals surface area contributed by atoms with E-state index < -0.39 is 12.4 Å². The summed E-state index contributed by atoms with van der Waals surface area (Å²) in [6.07, 6.45) is -0.506. The van der Waals surface area contributed by atoms with Crippen molar-refractivity contribution < 1.29 is 22.7 Å². The van der Waals surface area contributed by atoms with Crippen LogP contribution in [0.25, 0.3) is 28.3 Å². The van der Waals surface area contributed by atoms with Crippen LogP contribution >= 0.6 is 11.3 Å². The van der Waals surface area contributed by atoms with E-state index in [1.807, 2.05) is 72.5 Å². The highest BCUT2D eigenvalue weighted by molar-refractivity contribution is 7.07. The lowest BCUT2D eigenvalue weighted by atomic mass is 10.0. The molecule has 220 valence electrons. The molecule has 5 rings (SSSR count). The number of ether oxygens (including phenoxy) is 1. The van der Waals surface area contributed by atoms with E-state index in [-0.39, 0.29) is 5.75 Å². The molecule has 1 N–H and O–H groups in total. The Labute approximate surface area is 249 Å². The van der Waals surface area contributed by atoms with Gasteiger partial charge >= 0.3 is 12.4 Å². The van der Waals surface area contributed by atoms with Gasteiger partial charge in [-0.15, -0.1) is 29.6 Å². The van der Waals surface area contributed by atoms with Gasteiger partial charge in [-0.05, 0) is 67.3 Å². The molecule has 0 unspecified atom stereocenters. The molecule has 2 amide bonds. The summed E-state index contributed by atoms with van der Waals surface area (Å²) < 4.78 is 44.5. The molecule has 0 saturated heterocycles. The first-order chi connectivity index (χ1) is 20.6. The zero-order valence-electron chi connectivity index (χ0n) is 23.5. The highest BCUT2D eigenvalue weighted by Crippen LogP contribution is 2.25. The van der Waals surface area contributed by atoms with Crippen molar-refractivity contribution in [1.82, 2.24) is 24.6 Å². The highest BCUT2D eigenvalue weighted by atomic mass is 32.1. The summed E-state index contributed by atoms with van der Waals surface area (Å²) in [7, 11) is 0. The van der Waals surface area contributed by atoms with Crippen molar-refractivity contribution in [1.29, 1.82) is 0 Å². The molecule has 0 aliphatic heterocycles. The smallest absolute Gasteiger partial charge is 0.406 e. The number of alkyl halides is 3. The molecule has 2 aromatic heterocycles. The van der Waals surface area contributed by atoms with E-state index >= 15 is 0 Å². The van der Waals surface area contributed by atoms with Crippen LogP contribution < -0.4 is 14.9 Å². The van der Waals surface area contributed by atoms with Crippen LogP contribution in [0.1, 0.15) is 31.9 Å². The number of carbonyl (C=O) groups excluding carboxylic acids is 1. The Hall–Kier alpha value is -4.97. The SMILES string of the molecule is CCc1ccccc1-n1ccs/c1=N\C(=O)N/C(C)=C(\C)c1ccc(-c2ncn(-c3ccc(OC(F)(F)F)cc3)n2)cc1. The number of amides is 2. The normalized spacial score (nSPS) is 12.7. The lowest BCUT2D eigenvalue weighted by Crippen LogP contribution is -2.23. The van der Waals surface area contributed by atoms with Gasteiger partial charge in [0.2, 0.25) is 0 Å². The van der Waals surface area contributed by atoms with Gasteiger partial charge in [0.15, 0.2) is 10.6 Å². The van der Waals surface area contributed by atoms with Crippen molar-refractivity contribution in [3.63, 3.8) is 0 Å². The lowest BCUT2D eigenvalue weighted by molar-refractivity contribution is -0.274. The van der Waals surface area contributed by atoms with Gasteiger partial charge in [0, 0.05) is 22.8 Å². The molecular weight excluding hydrogens is 577 g/mol. The molecule has 0 bridgehead atoms. The van der Waals surface area contributed by atoms with Crippen molar-refractivity contribution in [2.45, 2.75) is 33.6 Å². The van der Waals surface area contributed by atoms with Crippen LogP contribution in [0.5, 0.6) is 5.75 Å². The van der Waals surface area contributed by atoms with Crippen LogP contribution in [0.3, 0.4) is 0 Å². The third kappa shape index (κ3) is 7.09. The fraction of sp³-hybridized carbons (Fsp3) is 0.161. The third-order valence-electron chi connectivity index (χ3n) is 6.68. The number of nitrogens with zero attached hydrogens (tertiary/aromatic N) is 5. The number of halogens is 3. The topological polar surface area (TPSA) is 86.3 Å². The van der Waals surface area contributed by atoms with Crippen molar-refractivity contribution in [3.8, 4) is 28.5 Å². The van der Waals surface area contributed by atoms with E-state index in [0.717, 1.165) is 34.4 Å². The first-order valence-corrected chi connectivity index (χ1v) is 14.2. The number of urea groups is 1. The Morgan fingerprint density at radius 2 is 1.74 bits per heavy atom. The Morgan fingerprint density at radius 1 is 1.02 bits per heavy atom. The molecule has 0 fully saturated rings. The first-order valence-electron chi connectivity index (χ1n) is 13.3. The number of benzene rings is 3. The number of aromatic nitrogens is 4. The van der Waals surface area contributed by atoms with Gasteiger partial charge in [-0.2, -0.15) is 4.99 Å². The largest absolute Gasteiger partial charge is 0.573 e. The van der Waals surface area contributed by atoms with E-state index in [0.29, 0.717) is 22.0 Å². The van der Waals surface area contributed by atoms with Gasteiger partial charge in [0.05, 0.1) is 11.4 Å². The van der Waals surface area contributed by atoms with Gasteiger partial charge in [-0.1, -0.05) is 49.4 Å². The van der Waals surface area contributed by atoms with Crippen LogP contribution in [0.2, 0.25) is 0 Å². The summed E-state index contributed by atoms with van der Waals surface area (Å²) in [6, 6.07) is 20.4. The quantitative estimate of drug-likeness (QED) is 0.211. The molecule has 12 heteroatoms. The monoisotopic (exact) mass is 604 g/mol. The predicted molar refractivity (Wildman–Crippen MR) is 159 cm³/mol. The lowest BCUT2D eigenvalue weighted by Gasteiger charge is -2.10. The second-order valence-corrected chi connectivity index (χ2v) is 10.3. The van der Waals surface area contributed by atoms with Crippen LogP contribution in [0, 0.1) is 0 Å². The number of aryl methyl sites for hydroxylation is 1. The van der Waals surface area contributed by atoms with Crippen LogP contribution in [-0.2, 0) is 6.42 Å². The Kier molecular flexibility index (Phi) is 8.58. The molecule has 3 aromatic carbocycles. The average Bonchev–Trinajstić information content (AvgIpc) is 3.67. The van der Waals surface area contributed by atoms with E-state index in [1.54, 1.807) is 0 Å². The predicted octanol–water partition coefficient (Wildman–Crippen LogP) is 7.31. The van der Waals surface area contributed by atoms with Crippen LogP contribution in [0.4, 0.5) is 18.0 Å². The molecule has 0 spiro atoms. The minimum Gasteiger partial charge on any atom is -0.406 e. The number of para-hydroxylation sites is 1. The zero-order chi connectivity index (χ0) is 30.6. The average molecular weight is 605 g/mol. The van der Waals surface area contributed by atoms with Gasteiger partial charge in [-0.3, -0.25) is 4.57 Å². The summed E-state index contributed by atoms with van der Waals surface area (Å²) in [5.41, 5.74) is 5.86. The Bertz CT molecular complexity index is 1830. The minimum atomic E-state index is -4.75. The fourth-order valence-corrected chi connectivity index (χ4v) is 5.07. The van der Waals surface area contributed by atoms with Crippen molar-refractivity contribution in [3.05, 3.63) is 112 Å². The summed E-state index contributed by atoms with van der Waals surface area (Å²) in [4.78, 5) is 22.0. The van der Waals surface area contributed by atoms with E-state index in [4.69, 9.17) is 0 Å². The van der Waals surface area contributed by atoms with E-state index in [2.05, 4.69) is 38.1 Å². The van der Waals surface area contributed by atoms with Gasteiger partial charge in [0.25, 0.3) is 0 Å². The number of allylic oxidation sites excluding steroid dienone is 2. The molecule has 0 aliphatic rings. The number of hydrogen-bond donors (Lipinski definition) is 1. The first kappa shape index (κ1) is 29.5. The van der Waals surface area contributed by atoms with Crippen LogP contribution in [0.15, 0.2) is 101 Å². The highest BCUT2D eigenvalue weighted by Gasteiger charge is 2.31. The molecule has 5 aromatic rings. The third-order valence-corrected chi connectivity index (χ3v) is 7.44. The zero-order valence-corrected chi connectivity index (χ0v) is 24.3. The molecule has 0 atom stereocenters. The molecular formula is C31H27F3N6O2S. The molecule has 2 heterocycles. The number of nitrogens with one attached hydrogen (secondary N) is 1. The van der Waals surface area contributed by atoms with Crippen LogP contribution in [-0.4, -0.2) is 31.7 Å². The van der Waals surface area contributed by atoms with E-state index in [9.17, 15) is 18.0 Å². The molecule has 0 aliphatic carbocycles. The van der Waals surface area contributed by atoms with E-state index in [1.165, 1.54) is 46.6 Å². The Morgan fingerprint density at radius 3 is 2.44 bits per heavy atom. The molecule has 8 nitrogen and oxygen atoms in total.